The van der Waals surface area contributed by atoms with Gasteiger partial charge in [0.15, 0.2) is 0 Å². The summed E-state index contributed by atoms with van der Waals surface area (Å²) in [5, 5.41) is 7.90. The highest BCUT2D eigenvalue weighted by Gasteiger charge is 2.24. The molecule has 0 bridgehead atoms. The van der Waals surface area contributed by atoms with Crippen LogP contribution in [0.2, 0.25) is 0 Å². The summed E-state index contributed by atoms with van der Waals surface area (Å²) in [7, 11) is 0. The summed E-state index contributed by atoms with van der Waals surface area (Å²) in [6, 6.07) is 0.522. The highest BCUT2D eigenvalue weighted by atomic mass is 16.5. The lowest BCUT2D eigenvalue weighted by atomic mass is 9.79. The SMILES string of the molecule is C[C@@H]1CC[C@@H](Nc2cnn(CC(=O)N3CCOCC3)c2)C[C@H]1C. The Morgan fingerprint density at radius 2 is 2.09 bits per heavy atom. The zero-order chi connectivity index (χ0) is 16.2. The van der Waals surface area contributed by atoms with E-state index in [1.54, 1.807) is 4.68 Å². The predicted molar refractivity (Wildman–Crippen MR) is 89.2 cm³/mol. The van der Waals surface area contributed by atoms with Gasteiger partial charge in [-0.3, -0.25) is 9.48 Å². The van der Waals surface area contributed by atoms with Crippen LogP contribution in [0.15, 0.2) is 12.4 Å². The molecule has 1 saturated carbocycles. The van der Waals surface area contributed by atoms with Gasteiger partial charge in [-0.05, 0) is 31.1 Å². The second-order valence-corrected chi connectivity index (χ2v) is 7.03. The largest absolute Gasteiger partial charge is 0.380 e. The van der Waals surface area contributed by atoms with Crippen LogP contribution in [0.1, 0.15) is 33.1 Å². The van der Waals surface area contributed by atoms with Crippen LogP contribution in [-0.2, 0) is 16.1 Å². The number of carbonyl (C=O) groups excluding carboxylic acids is 1. The Morgan fingerprint density at radius 3 is 2.83 bits per heavy atom. The van der Waals surface area contributed by atoms with Gasteiger partial charge in [0.05, 0.1) is 25.1 Å². The van der Waals surface area contributed by atoms with E-state index >= 15 is 0 Å². The van der Waals surface area contributed by atoms with Gasteiger partial charge in [0.2, 0.25) is 5.91 Å². The summed E-state index contributed by atoms with van der Waals surface area (Å²) in [5.74, 6) is 1.70. The van der Waals surface area contributed by atoms with Gasteiger partial charge in [0, 0.05) is 25.3 Å². The highest BCUT2D eigenvalue weighted by Crippen LogP contribution is 2.30. The van der Waals surface area contributed by atoms with Crippen molar-refractivity contribution in [3.63, 3.8) is 0 Å². The maximum Gasteiger partial charge on any atom is 0.244 e. The maximum absolute atomic E-state index is 12.2. The molecular formula is C17H28N4O2. The van der Waals surface area contributed by atoms with E-state index in [0.717, 1.165) is 17.5 Å². The maximum atomic E-state index is 12.2. The fraction of sp³-hybridized carbons (Fsp3) is 0.765. The zero-order valence-electron chi connectivity index (χ0n) is 14.2. The minimum atomic E-state index is 0.114. The second-order valence-electron chi connectivity index (χ2n) is 7.03. The van der Waals surface area contributed by atoms with Crippen molar-refractivity contribution in [2.24, 2.45) is 11.8 Å². The Labute approximate surface area is 138 Å². The lowest BCUT2D eigenvalue weighted by molar-refractivity contribution is -0.136. The van der Waals surface area contributed by atoms with E-state index in [0.29, 0.717) is 38.9 Å². The minimum Gasteiger partial charge on any atom is -0.380 e. The molecule has 2 heterocycles. The van der Waals surface area contributed by atoms with E-state index in [1.807, 2.05) is 17.3 Å². The first-order valence-corrected chi connectivity index (χ1v) is 8.76. The molecule has 23 heavy (non-hydrogen) atoms. The van der Waals surface area contributed by atoms with Crippen LogP contribution in [0.25, 0.3) is 0 Å². The number of aromatic nitrogens is 2. The summed E-state index contributed by atoms with van der Waals surface area (Å²) < 4.78 is 7.01. The normalized spacial score (nSPS) is 28.6. The van der Waals surface area contributed by atoms with Gasteiger partial charge in [-0.25, -0.2) is 0 Å². The standard InChI is InChI=1S/C17H28N4O2/c1-13-3-4-15(9-14(13)2)19-16-10-18-21(11-16)12-17(22)20-5-7-23-8-6-20/h10-11,13-15,19H,3-9,12H2,1-2H3/t13-,14-,15-/m1/s1. The lowest BCUT2D eigenvalue weighted by Crippen LogP contribution is -2.42. The van der Waals surface area contributed by atoms with Crippen molar-refractivity contribution in [1.29, 1.82) is 0 Å². The van der Waals surface area contributed by atoms with Crippen molar-refractivity contribution in [2.75, 3.05) is 31.6 Å². The summed E-state index contributed by atoms with van der Waals surface area (Å²) in [6.45, 7) is 7.62. The monoisotopic (exact) mass is 320 g/mol. The van der Waals surface area contributed by atoms with Gasteiger partial charge >= 0.3 is 0 Å². The highest BCUT2D eigenvalue weighted by molar-refractivity contribution is 5.76. The van der Waals surface area contributed by atoms with E-state index in [9.17, 15) is 4.79 Å². The van der Waals surface area contributed by atoms with Gasteiger partial charge in [-0.1, -0.05) is 13.8 Å². The van der Waals surface area contributed by atoms with Gasteiger partial charge in [0.1, 0.15) is 6.54 Å². The first kappa shape index (κ1) is 16.3. The molecule has 1 aromatic heterocycles. The molecule has 2 aliphatic rings. The molecule has 128 valence electrons. The number of anilines is 1. The number of nitrogens with zero attached hydrogens (tertiary/aromatic N) is 3. The van der Waals surface area contributed by atoms with Crippen LogP contribution >= 0.6 is 0 Å². The molecule has 3 atom stereocenters. The van der Waals surface area contributed by atoms with Crippen molar-refractivity contribution < 1.29 is 9.53 Å². The van der Waals surface area contributed by atoms with E-state index in [-0.39, 0.29) is 5.91 Å². The van der Waals surface area contributed by atoms with Gasteiger partial charge < -0.3 is 15.0 Å². The van der Waals surface area contributed by atoms with Crippen molar-refractivity contribution in [2.45, 2.75) is 45.7 Å². The van der Waals surface area contributed by atoms with E-state index in [1.165, 1.54) is 19.3 Å². The Kier molecular flexibility index (Phi) is 5.20. The smallest absolute Gasteiger partial charge is 0.244 e. The third-order valence-corrected chi connectivity index (χ3v) is 5.26. The van der Waals surface area contributed by atoms with Crippen LogP contribution in [0.4, 0.5) is 5.69 Å². The summed E-state index contributed by atoms with van der Waals surface area (Å²) in [5.41, 5.74) is 1.02. The first-order valence-electron chi connectivity index (χ1n) is 8.76. The second kappa shape index (κ2) is 7.34. The van der Waals surface area contributed by atoms with Crippen LogP contribution < -0.4 is 5.32 Å². The average Bonchev–Trinajstić information content (AvgIpc) is 2.99. The Hall–Kier alpha value is -1.56. The Balaban J connectivity index is 1.50. The molecule has 0 radical (unpaired) electrons. The van der Waals surface area contributed by atoms with Crippen molar-refractivity contribution in [1.82, 2.24) is 14.7 Å². The molecule has 0 aromatic carbocycles. The van der Waals surface area contributed by atoms with Crippen LogP contribution in [0, 0.1) is 11.8 Å². The molecule has 2 fully saturated rings. The number of hydrogen-bond donors (Lipinski definition) is 1. The first-order chi connectivity index (χ1) is 11.1. The topological polar surface area (TPSA) is 59.4 Å². The lowest BCUT2D eigenvalue weighted by Gasteiger charge is -2.32. The van der Waals surface area contributed by atoms with E-state index < -0.39 is 0 Å². The minimum absolute atomic E-state index is 0.114. The van der Waals surface area contributed by atoms with Crippen LogP contribution in [0.3, 0.4) is 0 Å². The van der Waals surface area contributed by atoms with Crippen LogP contribution in [0.5, 0.6) is 0 Å². The molecule has 6 heteroatoms. The van der Waals surface area contributed by atoms with Crippen molar-refractivity contribution in [3.05, 3.63) is 12.4 Å². The number of hydrogen-bond acceptors (Lipinski definition) is 4. The fourth-order valence-electron chi connectivity index (χ4n) is 3.49. The molecule has 0 unspecified atom stereocenters. The van der Waals surface area contributed by atoms with Crippen molar-refractivity contribution >= 4 is 11.6 Å². The molecule has 1 aromatic rings. The van der Waals surface area contributed by atoms with Crippen LogP contribution in [-0.4, -0.2) is 52.9 Å². The number of nitrogens with one attached hydrogen (secondary N) is 1. The average molecular weight is 320 g/mol. The quantitative estimate of drug-likeness (QED) is 0.921. The van der Waals surface area contributed by atoms with E-state index in [2.05, 4.69) is 24.3 Å². The molecule has 1 aliphatic carbocycles. The molecule has 1 saturated heterocycles. The van der Waals surface area contributed by atoms with Gasteiger partial charge in [-0.2, -0.15) is 5.10 Å². The summed E-state index contributed by atoms with van der Waals surface area (Å²) in [4.78, 5) is 14.1. The fourth-order valence-corrected chi connectivity index (χ4v) is 3.49. The summed E-state index contributed by atoms with van der Waals surface area (Å²) in [6.07, 6.45) is 7.47. The molecule has 0 spiro atoms. The number of morpholine rings is 1. The molecule has 1 aliphatic heterocycles. The molecule has 3 rings (SSSR count). The zero-order valence-corrected chi connectivity index (χ0v) is 14.2. The molecule has 1 N–H and O–H groups in total. The Morgan fingerprint density at radius 1 is 1.30 bits per heavy atom. The third kappa shape index (κ3) is 4.25. The molecular weight excluding hydrogens is 292 g/mol. The number of rotatable bonds is 4. The van der Waals surface area contributed by atoms with Gasteiger partial charge in [0.25, 0.3) is 0 Å². The third-order valence-electron chi connectivity index (χ3n) is 5.26. The van der Waals surface area contributed by atoms with Crippen molar-refractivity contribution in [3.8, 4) is 0 Å². The number of ether oxygens (including phenoxy) is 1. The molecule has 1 amide bonds. The van der Waals surface area contributed by atoms with Gasteiger partial charge in [-0.15, -0.1) is 0 Å². The Bertz CT molecular complexity index is 524. The number of amides is 1. The number of carbonyl (C=O) groups is 1. The molecule has 6 nitrogen and oxygen atoms in total. The summed E-state index contributed by atoms with van der Waals surface area (Å²) >= 11 is 0. The predicted octanol–water partition coefficient (Wildman–Crippen LogP) is 1.98. The van der Waals surface area contributed by atoms with E-state index in [4.69, 9.17) is 4.74 Å².